The zero-order valence-electron chi connectivity index (χ0n) is 15.7. The molecule has 1 atom stereocenters. The highest BCUT2D eigenvalue weighted by Gasteiger charge is 2.28. The normalized spacial score (nSPS) is 20.4. The molecule has 1 aliphatic heterocycles. The van der Waals surface area contributed by atoms with E-state index in [4.69, 9.17) is 4.74 Å². The van der Waals surface area contributed by atoms with Crippen molar-refractivity contribution in [1.82, 2.24) is 5.32 Å². The number of amides is 2. The number of nitrogens with one attached hydrogen (secondary N) is 2. The van der Waals surface area contributed by atoms with Crippen LogP contribution in [0.15, 0.2) is 18.2 Å². The fourth-order valence-electron chi connectivity index (χ4n) is 3.83. The average molecular weight is 358 g/mol. The van der Waals surface area contributed by atoms with Crippen molar-refractivity contribution in [3.8, 4) is 5.75 Å². The Morgan fingerprint density at radius 1 is 1.15 bits per heavy atom. The van der Waals surface area contributed by atoms with E-state index < -0.39 is 0 Å². The first-order chi connectivity index (χ1) is 12.7. The molecule has 1 unspecified atom stereocenters. The van der Waals surface area contributed by atoms with E-state index in [1.165, 1.54) is 25.7 Å². The summed E-state index contributed by atoms with van der Waals surface area (Å²) >= 11 is 0. The average Bonchev–Trinajstić information content (AvgIpc) is 2.90. The topological polar surface area (TPSA) is 67.4 Å². The van der Waals surface area contributed by atoms with Crippen molar-refractivity contribution in [2.75, 3.05) is 11.9 Å². The van der Waals surface area contributed by atoms with E-state index in [1.54, 1.807) is 0 Å². The highest BCUT2D eigenvalue weighted by atomic mass is 16.5. The second-order valence-electron chi connectivity index (χ2n) is 7.53. The van der Waals surface area contributed by atoms with Gasteiger partial charge in [0.05, 0.1) is 5.92 Å². The lowest BCUT2D eigenvalue weighted by atomic mass is 9.95. The van der Waals surface area contributed by atoms with Crippen LogP contribution in [0.2, 0.25) is 0 Å². The fraction of sp³-hybridized carbons (Fsp3) is 0.619. The van der Waals surface area contributed by atoms with E-state index in [2.05, 4.69) is 10.6 Å². The molecule has 1 aliphatic carbocycles. The van der Waals surface area contributed by atoms with E-state index in [0.717, 1.165) is 36.3 Å². The monoisotopic (exact) mass is 358 g/mol. The molecule has 1 saturated carbocycles. The molecule has 1 aromatic rings. The molecule has 3 rings (SSSR count). The summed E-state index contributed by atoms with van der Waals surface area (Å²) in [6, 6.07) is 5.99. The summed E-state index contributed by atoms with van der Waals surface area (Å²) in [5.41, 5.74) is 1.77. The first kappa shape index (κ1) is 18.7. The van der Waals surface area contributed by atoms with Crippen LogP contribution in [0, 0.1) is 5.92 Å². The van der Waals surface area contributed by atoms with Gasteiger partial charge >= 0.3 is 0 Å². The number of anilines is 1. The van der Waals surface area contributed by atoms with Crippen molar-refractivity contribution in [1.29, 1.82) is 0 Å². The van der Waals surface area contributed by atoms with Gasteiger partial charge in [-0.15, -0.1) is 0 Å². The molecule has 26 heavy (non-hydrogen) atoms. The summed E-state index contributed by atoms with van der Waals surface area (Å²) in [7, 11) is 0. The number of hydrogen-bond acceptors (Lipinski definition) is 3. The second-order valence-corrected chi connectivity index (χ2v) is 7.53. The van der Waals surface area contributed by atoms with Crippen LogP contribution in [0.3, 0.4) is 0 Å². The molecule has 2 amide bonds. The van der Waals surface area contributed by atoms with Crippen LogP contribution in [0.1, 0.15) is 63.9 Å². The maximum Gasteiger partial charge on any atom is 0.227 e. The quantitative estimate of drug-likeness (QED) is 0.787. The van der Waals surface area contributed by atoms with Gasteiger partial charge in [-0.1, -0.05) is 32.6 Å². The van der Waals surface area contributed by atoms with Crippen LogP contribution in [0.4, 0.5) is 5.69 Å². The number of rotatable bonds is 5. The minimum Gasteiger partial charge on any atom is -0.492 e. The van der Waals surface area contributed by atoms with Crippen molar-refractivity contribution < 1.29 is 14.3 Å². The largest absolute Gasteiger partial charge is 0.492 e. The van der Waals surface area contributed by atoms with Crippen molar-refractivity contribution in [2.24, 2.45) is 5.92 Å². The van der Waals surface area contributed by atoms with E-state index in [1.807, 2.05) is 25.1 Å². The Balaban J connectivity index is 1.60. The fourth-order valence-corrected chi connectivity index (χ4v) is 3.83. The minimum atomic E-state index is -0.160. The molecule has 5 nitrogen and oxygen atoms in total. The maximum absolute atomic E-state index is 12.7. The van der Waals surface area contributed by atoms with Gasteiger partial charge in [0.2, 0.25) is 11.8 Å². The Hall–Kier alpha value is -2.04. The third kappa shape index (κ3) is 4.99. The van der Waals surface area contributed by atoms with E-state index >= 15 is 0 Å². The van der Waals surface area contributed by atoms with Gasteiger partial charge in [0.15, 0.2) is 0 Å². The van der Waals surface area contributed by atoms with Crippen LogP contribution in [-0.4, -0.2) is 24.5 Å². The van der Waals surface area contributed by atoms with Crippen molar-refractivity contribution in [3.63, 3.8) is 0 Å². The predicted octanol–water partition coefficient (Wildman–Crippen LogP) is 3.82. The van der Waals surface area contributed by atoms with Gasteiger partial charge in [0.25, 0.3) is 0 Å². The third-order valence-electron chi connectivity index (χ3n) is 5.30. The van der Waals surface area contributed by atoms with E-state index in [9.17, 15) is 9.59 Å². The Morgan fingerprint density at radius 3 is 2.65 bits per heavy atom. The summed E-state index contributed by atoms with van der Waals surface area (Å²) in [6.45, 7) is 2.41. The van der Waals surface area contributed by atoms with Crippen molar-refractivity contribution in [3.05, 3.63) is 23.8 Å². The summed E-state index contributed by atoms with van der Waals surface area (Å²) < 4.78 is 5.81. The minimum absolute atomic E-state index is 0.0202. The summed E-state index contributed by atoms with van der Waals surface area (Å²) in [4.78, 5) is 24.5. The third-order valence-corrected chi connectivity index (χ3v) is 5.30. The molecule has 142 valence electrons. The van der Waals surface area contributed by atoms with Crippen LogP contribution in [0.25, 0.3) is 0 Å². The molecule has 1 aromatic carbocycles. The molecule has 1 fully saturated rings. The lowest BCUT2D eigenvalue weighted by molar-refractivity contribution is -0.127. The number of hydrogen-bond donors (Lipinski definition) is 2. The molecule has 0 aromatic heterocycles. The van der Waals surface area contributed by atoms with Crippen LogP contribution < -0.4 is 15.4 Å². The van der Waals surface area contributed by atoms with Gasteiger partial charge in [0, 0.05) is 18.2 Å². The number of carbonyl (C=O) groups is 2. The molecule has 0 radical (unpaired) electrons. The summed E-state index contributed by atoms with van der Waals surface area (Å²) in [5, 5.41) is 6.15. The van der Waals surface area contributed by atoms with Gasteiger partial charge in [-0.3, -0.25) is 9.59 Å². The predicted molar refractivity (Wildman–Crippen MR) is 102 cm³/mol. The number of fused-ring (bicyclic) bond motifs is 1. The zero-order chi connectivity index (χ0) is 18.4. The zero-order valence-corrected chi connectivity index (χ0v) is 15.7. The molecule has 0 bridgehead atoms. The number of carbonyl (C=O) groups excluding carboxylic acids is 2. The Bertz CT molecular complexity index is 636. The lowest BCUT2D eigenvalue weighted by Crippen LogP contribution is -2.42. The lowest BCUT2D eigenvalue weighted by Gasteiger charge is -2.27. The molecule has 2 N–H and O–H groups in total. The second kappa shape index (κ2) is 9.06. The highest BCUT2D eigenvalue weighted by molar-refractivity contribution is 5.91. The smallest absolute Gasteiger partial charge is 0.227 e. The van der Waals surface area contributed by atoms with Gasteiger partial charge in [-0.2, -0.15) is 0 Å². The Morgan fingerprint density at radius 2 is 1.92 bits per heavy atom. The molecule has 0 spiro atoms. The molecular formula is C21H30N2O3. The first-order valence-electron chi connectivity index (χ1n) is 10.0. The maximum atomic E-state index is 12.7. The van der Waals surface area contributed by atoms with E-state index in [0.29, 0.717) is 25.5 Å². The molecular weight excluding hydrogens is 328 g/mol. The SMILES string of the molecule is CCCC(=O)Nc1ccc2c(c1)CC(C(=O)NC1CCCCCC1)CO2. The number of benzene rings is 1. The summed E-state index contributed by atoms with van der Waals surface area (Å²) in [6.07, 6.45) is 9.13. The van der Waals surface area contributed by atoms with Gasteiger partial charge in [-0.25, -0.2) is 0 Å². The first-order valence-corrected chi connectivity index (χ1v) is 10.0. The van der Waals surface area contributed by atoms with Gasteiger partial charge in [-0.05, 0) is 49.4 Å². The molecule has 1 heterocycles. The van der Waals surface area contributed by atoms with Crippen LogP contribution in [0.5, 0.6) is 5.75 Å². The van der Waals surface area contributed by atoms with Crippen molar-refractivity contribution in [2.45, 2.75) is 70.8 Å². The van der Waals surface area contributed by atoms with Gasteiger partial charge in [0.1, 0.15) is 12.4 Å². The van der Waals surface area contributed by atoms with Crippen LogP contribution >= 0.6 is 0 Å². The summed E-state index contributed by atoms with van der Waals surface area (Å²) in [5.74, 6) is 0.777. The van der Waals surface area contributed by atoms with Crippen LogP contribution in [-0.2, 0) is 16.0 Å². The Kier molecular flexibility index (Phi) is 6.53. The Labute approximate surface area is 155 Å². The highest BCUT2D eigenvalue weighted by Crippen LogP contribution is 2.30. The van der Waals surface area contributed by atoms with Gasteiger partial charge < -0.3 is 15.4 Å². The van der Waals surface area contributed by atoms with Crippen molar-refractivity contribution >= 4 is 17.5 Å². The standard InChI is InChI=1S/C21H30N2O3/c1-2-7-20(24)22-18-10-11-19-15(13-18)12-16(14-26-19)21(25)23-17-8-5-3-4-6-9-17/h10-11,13,16-17H,2-9,12,14H2,1H3,(H,22,24)(H,23,25). The molecule has 0 saturated heterocycles. The van der Waals surface area contributed by atoms with E-state index in [-0.39, 0.29) is 17.7 Å². The molecule has 5 heteroatoms. The molecule has 2 aliphatic rings. The number of ether oxygens (including phenoxy) is 1.